The van der Waals surface area contributed by atoms with Crippen LogP contribution in [0.4, 0.5) is 0 Å². The molecule has 0 spiro atoms. The standard InChI is InChI=1S/C52H83NO13/c1-32-15-11-10-12-16-34(3)44(64-26-25-54)31-40-21-19-38(7)52(61,66-40)49(58)50(59)53-24-14-13-17-41(53)51(60)65-43(35(4)29-39-20-22-42(55)45(30-39)62-8)23-18-33(2)28-37(6)47(57)48(63-9)46(56)36(5)27-32/h10-12,15-16,28,32-33,35-36,38-45,47-48,54-55,57,61H,13-14,17-27,29-31H2,1-9H3/b12-10+,15-11+,34-16+,37-28+/t32-,33+,35-,36-,38-,39+,40+,41+,42-,43+,44?,45-,47-,48+,52-/m1/s1. The first-order chi connectivity index (χ1) is 31.3. The molecule has 1 amide bonds. The molecule has 1 aliphatic carbocycles. The summed E-state index contributed by atoms with van der Waals surface area (Å²) in [6.07, 6.45) is 13.7. The molecule has 4 aliphatic rings. The molecular weight excluding hydrogens is 847 g/mol. The number of ether oxygens (including phenoxy) is 5. The quantitative estimate of drug-likeness (QED) is 0.119. The SMILES string of the molecule is CO[C@@H]1C[C@H](C[C@@H](C)[C@@H]2CC[C@H](C)/C=C(\C)[C@@H](O)[C@@H](OC)C(=O)[C@H](C)C[C@H](C)/C=C/C=C/C=C(\C)C(OCCO)C[C@@H]3CC[C@@H](C)[C@@](O)(O3)C(=O)C(=O)N3CCCC[C@H]3C(=O)O2)CC[C@H]1O. The Bertz CT molecular complexity index is 1710. The van der Waals surface area contributed by atoms with Crippen molar-refractivity contribution in [3.05, 3.63) is 47.6 Å². The zero-order valence-corrected chi connectivity index (χ0v) is 41.3. The summed E-state index contributed by atoms with van der Waals surface area (Å²) in [5, 5.41) is 43.6. The number of piperidine rings is 1. The van der Waals surface area contributed by atoms with Crippen molar-refractivity contribution in [1.82, 2.24) is 4.90 Å². The van der Waals surface area contributed by atoms with Gasteiger partial charge in [0.2, 0.25) is 5.79 Å². The van der Waals surface area contributed by atoms with E-state index in [1.165, 1.54) is 12.0 Å². The maximum Gasteiger partial charge on any atom is 0.329 e. The summed E-state index contributed by atoms with van der Waals surface area (Å²) in [4.78, 5) is 57.9. The number of hydrogen-bond donors (Lipinski definition) is 4. The molecule has 4 rings (SSSR count). The molecule has 2 saturated heterocycles. The third-order valence-electron chi connectivity index (χ3n) is 14.6. The van der Waals surface area contributed by atoms with Crippen LogP contribution in [0, 0.1) is 35.5 Å². The van der Waals surface area contributed by atoms with Crippen molar-refractivity contribution < 1.29 is 63.3 Å². The van der Waals surface area contributed by atoms with E-state index in [-0.39, 0.29) is 61.7 Å². The summed E-state index contributed by atoms with van der Waals surface area (Å²) in [5.41, 5.74) is 1.42. The van der Waals surface area contributed by atoms with E-state index >= 15 is 0 Å². The molecule has 3 aliphatic heterocycles. The van der Waals surface area contributed by atoms with Gasteiger partial charge < -0.3 is 49.0 Å². The first kappa shape index (κ1) is 55.5. The Hall–Kier alpha value is -3.08. The van der Waals surface area contributed by atoms with Crippen LogP contribution in [0.3, 0.4) is 0 Å². The second-order valence-corrected chi connectivity index (χ2v) is 20.0. The van der Waals surface area contributed by atoms with E-state index in [0.29, 0.717) is 76.2 Å². The summed E-state index contributed by atoms with van der Waals surface area (Å²) in [6, 6.07) is -1.04. The van der Waals surface area contributed by atoms with Gasteiger partial charge in [0.05, 0.1) is 37.6 Å². The van der Waals surface area contributed by atoms with Crippen LogP contribution in [0.5, 0.6) is 0 Å². The fourth-order valence-electron chi connectivity index (χ4n) is 10.4. The molecule has 1 unspecified atom stereocenters. The van der Waals surface area contributed by atoms with Gasteiger partial charge in [-0.25, -0.2) is 4.79 Å². The summed E-state index contributed by atoms with van der Waals surface area (Å²) in [6.45, 7) is 13.3. The Kier molecular flexibility index (Phi) is 22.4. The number of aliphatic hydroxyl groups excluding tert-OH is 3. The second kappa shape index (κ2) is 26.6. The normalized spacial score (nSPS) is 40.0. The van der Waals surface area contributed by atoms with E-state index in [4.69, 9.17) is 23.7 Å². The average molecular weight is 930 g/mol. The van der Waals surface area contributed by atoms with E-state index in [1.54, 1.807) is 21.0 Å². The number of cyclic esters (lactones) is 1. The lowest BCUT2D eigenvalue weighted by atomic mass is 9.78. The monoisotopic (exact) mass is 930 g/mol. The van der Waals surface area contributed by atoms with Crippen molar-refractivity contribution in [2.75, 3.05) is 34.0 Å². The molecule has 2 bridgehead atoms. The third kappa shape index (κ3) is 15.2. The summed E-state index contributed by atoms with van der Waals surface area (Å²) in [7, 11) is 3.04. The predicted octanol–water partition coefficient (Wildman–Crippen LogP) is 6.36. The van der Waals surface area contributed by atoms with Gasteiger partial charge in [0.1, 0.15) is 24.4 Å². The van der Waals surface area contributed by atoms with Gasteiger partial charge in [0.15, 0.2) is 5.78 Å². The topological polar surface area (TPSA) is 199 Å². The molecule has 1 saturated carbocycles. The van der Waals surface area contributed by atoms with Gasteiger partial charge in [-0.2, -0.15) is 0 Å². The van der Waals surface area contributed by atoms with Crippen molar-refractivity contribution in [1.29, 1.82) is 0 Å². The predicted molar refractivity (Wildman–Crippen MR) is 251 cm³/mol. The number of amides is 1. The minimum atomic E-state index is -2.43. The zero-order chi connectivity index (χ0) is 48.7. The van der Waals surface area contributed by atoms with E-state index in [2.05, 4.69) is 0 Å². The number of Topliss-reactive ketones (excluding diaryl/α,β-unsaturated/α-hetero) is 2. The van der Waals surface area contributed by atoms with Gasteiger partial charge in [-0.3, -0.25) is 14.4 Å². The molecule has 0 radical (unpaired) electrons. The molecule has 66 heavy (non-hydrogen) atoms. The molecule has 0 aromatic carbocycles. The number of hydrogen-bond acceptors (Lipinski definition) is 13. The van der Waals surface area contributed by atoms with Crippen LogP contribution < -0.4 is 0 Å². The highest BCUT2D eigenvalue weighted by molar-refractivity contribution is 6.39. The van der Waals surface area contributed by atoms with Crippen LogP contribution >= 0.6 is 0 Å². The summed E-state index contributed by atoms with van der Waals surface area (Å²) < 4.78 is 29.9. The lowest BCUT2D eigenvalue weighted by Crippen LogP contribution is -2.61. The number of nitrogens with zero attached hydrogens (tertiary/aromatic N) is 1. The van der Waals surface area contributed by atoms with Crippen LogP contribution in [-0.4, -0.2) is 137 Å². The Morgan fingerprint density at radius 1 is 0.848 bits per heavy atom. The van der Waals surface area contributed by atoms with E-state index in [0.717, 1.165) is 12.0 Å². The fourth-order valence-corrected chi connectivity index (χ4v) is 10.4. The maximum absolute atomic E-state index is 14.4. The lowest BCUT2D eigenvalue weighted by Gasteiger charge is -2.43. The van der Waals surface area contributed by atoms with E-state index < -0.39 is 77.9 Å². The van der Waals surface area contributed by atoms with Crippen molar-refractivity contribution in [2.45, 2.75) is 186 Å². The summed E-state index contributed by atoms with van der Waals surface area (Å²) in [5.74, 6) is -6.36. The minimum absolute atomic E-state index is 0.0390. The van der Waals surface area contributed by atoms with Gasteiger partial charge in [0.25, 0.3) is 11.7 Å². The number of carbonyl (C=O) groups excluding carboxylic acids is 4. The van der Waals surface area contributed by atoms with E-state index in [1.807, 2.05) is 71.1 Å². The van der Waals surface area contributed by atoms with Crippen molar-refractivity contribution in [3.8, 4) is 0 Å². The van der Waals surface area contributed by atoms with Gasteiger partial charge in [-0.1, -0.05) is 71.1 Å². The number of rotatable bonds is 8. The Morgan fingerprint density at radius 3 is 2.29 bits per heavy atom. The molecular formula is C52H83NO13. The fraction of sp³-hybridized carbons (Fsp3) is 0.769. The Labute approximate surface area is 394 Å². The van der Waals surface area contributed by atoms with Gasteiger partial charge in [-0.15, -0.1) is 0 Å². The maximum atomic E-state index is 14.4. The van der Waals surface area contributed by atoms with Crippen LogP contribution in [0.15, 0.2) is 47.6 Å². The van der Waals surface area contributed by atoms with Crippen molar-refractivity contribution >= 4 is 23.4 Å². The van der Waals surface area contributed by atoms with Crippen LogP contribution in [0.25, 0.3) is 0 Å². The molecule has 4 N–H and O–H groups in total. The first-order valence-electron chi connectivity index (χ1n) is 24.7. The minimum Gasteiger partial charge on any atom is -0.461 e. The molecule has 14 heteroatoms. The molecule has 3 fully saturated rings. The molecule has 3 heterocycles. The van der Waals surface area contributed by atoms with Gasteiger partial charge in [-0.05, 0) is 126 Å². The molecule has 0 aromatic rings. The lowest BCUT2D eigenvalue weighted by molar-refractivity contribution is -0.266. The Morgan fingerprint density at radius 2 is 1.59 bits per heavy atom. The number of esters is 1. The van der Waals surface area contributed by atoms with Crippen LogP contribution in [-0.2, 0) is 42.9 Å². The zero-order valence-electron chi connectivity index (χ0n) is 41.3. The number of carbonyl (C=O) groups is 4. The smallest absolute Gasteiger partial charge is 0.329 e. The molecule has 374 valence electrons. The van der Waals surface area contributed by atoms with Crippen LogP contribution in [0.2, 0.25) is 0 Å². The highest BCUT2D eigenvalue weighted by atomic mass is 16.6. The highest BCUT2D eigenvalue weighted by Crippen LogP contribution is 2.38. The van der Waals surface area contributed by atoms with Crippen molar-refractivity contribution in [3.63, 3.8) is 0 Å². The summed E-state index contributed by atoms with van der Waals surface area (Å²) >= 11 is 0. The molecule has 14 nitrogen and oxygen atoms in total. The number of ketones is 2. The number of aliphatic hydroxyl groups is 4. The van der Waals surface area contributed by atoms with Crippen LogP contribution in [0.1, 0.15) is 132 Å². The largest absolute Gasteiger partial charge is 0.461 e. The number of fused-ring (bicyclic) bond motifs is 3. The third-order valence-corrected chi connectivity index (χ3v) is 14.6. The van der Waals surface area contributed by atoms with Gasteiger partial charge >= 0.3 is 5.97 Å². The second-order valence-electron chi connectivity index (χ2n) is 20.0. The van der Waals surface area contributed by atoms with Crippen molar-refractivity contribution in [2.24, 2.45) is 35.5 Å². The number of allylic oxidation sites excluding steroid dienone is 6. The average Bonchev–Trinajstić information content (AvgIpc) is 3.29. The molecule has 15 atom stereocenters. The number of methoxy groups -OCH3 is 2. The Balaban J connectivity index is 1.69. The van der Waals surface area contributed by atoms with E-state index in [9.17, 15) is 39.6 Å². The first-order valence-corrected chi connectivity index (χ1v) is 24.7. The molecule has 0 aromatic heterocycles. The highest BCUT2D eigenvalue weighted by Gasteiger charge is 2.53. The van der Waals surface area contributed by atoms with Gasteiger partial charge in [0, 0.05) is 39.0 Å².